The monoisotopic (exact) mass is 268 g/mol. The smallest absolute Gasteiger partial charge is 0.0480 e. The molecule has 0 saturated carbocycles. The molecule has 0 aromatic rings. The largest absolute Gasteiger partial charge is 0.312 e. The van der Waals surface area contributed by atoms with E-state index in [1.165, 1.54) is 13.0 Å². The van der Waals surface area contributed by atoms with Gasteiger partial charge in [-0.05, 0) is 11.8 Å². The number of hydrogen-bond donors (Lipinski definition) is 2. The predicted octanol–water partition coefficient (Wildman–Crippen LogP) is 1.36. The van der Waals surface area contributed by atoms with Gasteiger partial charge in [-0.25, -0.2) is 0 Å². The second kappa shape index (κ2) is 4.05. The number of alkyl halides is 1. The average molecular weight is 268 g/mol. The van der Waals surface area contributed by atoms with Crippen LogP contribution in [0.3, 0.4) is 0 Å². The maximum absolute atomic E-state index is 3.52. The fourth-order valence-corrected chi connectivity index (χ4v) is 1.92. The lowest BCUT2D eigenvalue weighted by Crippen LogP contribution is -2.33. The van der Waals surface area contributed by atoms with Crippen LogP contribution in [-0.2, 0) is 0 Å². The Bertz CT molecular complexity index is 125. The summed E-state index contributed by atoms with van der Waals surface area (Å²) in [7, 11) is 0. The van der Waals surface area contributed by atoms with Crippen molar-refractivity contribution >= 4 is 22.6 Å². The number of nitrogens with one attached hydrogen (secondary N) is 2. The van der Waals surface area contributed by atoms with Gasteiger partial charge in [0, 0.05) is 23.7 Å². The third kappa shape index (κ3) is 3.25. The Balaban J connectivity index is 2.20. The molecule has 2 nitrogen and oxygen atoms in total. The van der Waals surface area contributed by atoms with Gasteiger partial charge in [0.1, 0.15) is 0 Å². The van der Waals surface area contributed by atoms with Gasteiger partial charge in [-0.2, -0.15) is 0 Å². The molecule has 1 aliphatic rings. The van der Waals surface area contributed by atoms with Gasteiger partial charge in [-0.1, -0.05) is 36.4 Å². The van der Waals surface area contributed by atoms with Crippen LogP contribution in [0.2, 0.25) is 0 Å². The van der Waals surface area contributed by atoms with Gasteiger partial charge in [0.15, 0.2) is 0 Å². The zero-order valence-corrected chi connectivity index (χ0v) is 9.44. The molecule has 11 heavy (non-hydrogen) atoms. The Kier molecular flexibility index (Phi) is 3.58. The van der Waals surface area contributed by atoms with Crippen molar-refractivity contribution in [3.8, 4) is 0 Å². The van der Waals surface area contributed by atoms with E-state index in [2.05, 4.69) is 47.1 Å². The molecule has 3 heteroatoms. The molecule has 1 rings (SSSR count). The first-order chi connectivity index (χ1) is 5.14. The molecule has 0 aromatic heterocycles. The van der Waals surface area contributed by atoms with Gasteiger partial charge in [-0.3, -0.25) is 0 Å². The summed E-state index contributed by atoms with van der Waals surface area (Å²) in [5.41, 5.74) is 0.512. The summed E-state index contributed by atoms with van der Waals surface area (Å²) in [6.07, 6.45) is 1.30. The van der Waals surface area contributed by atoms with E-state index >= 15 is 0 Å². The topological polar surface area (TPSA) is 24.1 Å². The first kappa shape index (κ1) is 9.74. The standard InChI is InChI=1S/C8H17IN2/c1-8(2)3-7(11-5-8)4-10-6-9/h7,10-11H,3-6H2,1-2H3. The lowest BCUT2D eigenvalue weighted by molar-refractivity contribution is 0.399. The van der Waals surface area contributed by atoms with E-state index in [-0.39, 0.29) is 0 Å². The van der Waals surface area contributed by atoms with Gasteiger partial charge < -0.3 is 10.6 Å². The zero-order valence-electron chi connectivity index (χ0n) is 7.28. The minimum atomic E-state index is 0.512. The van der Waals surface area contributed by atoms with Crippen molar-refractivity contribution in [2.45, 2.75) is 26.3 Å². The molecule has 1 atom stereocenters. The highest BCUT2D eigenvalue weighted by atomic mass is 127. The van der Waals surface area contributed by atoms with Crippen molar-refractivity contribution in [3.63, 3.8) is 0 Å². The van der Waals surface area contributed by atoms with Crippen molar-refractivity contribution in [3.05, 3.63) is 0 Å². The van der Waals surface area contributed by atoms with Crippen molar-refractivity contribution in [2.75, 3.05) is 17.6 Å². The van der Waals surface area contributed by atoms with Crippen LogP contribution in [0, 0.1) is 5.41 Å². The van der Waals surface area contributed by atoms with Crippen LogP contribution in [0.4, 0.5) is 0 Å². The molecule has 1 saturated heterocycles. The molecule has 2 N–H and O–H groups in total. The fraction of sp³-hybridized carbons (Fsp3) is 1.00. The summed E-state index contributed by atoms with van der Waals surface area (Å²) in [6.45, 7) is 6.93. The highest BCUT2D eigenvalue weighted by molar-refractivity contribution is 14.1. The Morgan fingerprint density at radius 3 is 2.82 bits per heavy atom. The van der Waals surface area contributed by atoms with Crippen molar-refractivity contribution < 1.29 is 0 Å². The van der Waals surface area contributed by atoms with E-state index in [0.29, 0.717) is 11.5 Å². The minimum Gasteiger partial charge on any atom is -0.312 e. The SMILES string of the molecule is CC1(C)CNC(CNCI)C1. The summed E-state index contributed by atoms with van der Waals surface area (Å²) >= 11 is 2.34. The van der Waals surface area contributed by atoms with E-state index in [0.717, 1.165) is 11.1 Å². The Morgan fingerprint density at radius 1 is 1.64 bits per heavy atom. The molecule has 0 aromatic carbocycles. The second-order valence-corrected chi connectivity index (χ2v) is 4.80. The molecular weight excluding hydrogens is 251 g/mol. The summed E-state index contributed by atoms with van der Waals surface area (Å²) in [5, 5.41) is 6.87. The van der Waals surface area contributed by atoms with Crippen LogP contribution in [-0.4, -0.2) is 23.7 Å². The first-order valence-corrected chi connectivity index (χ1v) is 5.67. The van der Waals surface area contributed by atoms with Gasteiger partial charge in [0.05, 0.1) is 0 Å². The van der Waals surface area contributed by atoms with Gasteiger partial charge in [-0.15, -0.1) is 0 Å². The van der Waals surface area contributed by atoms with Crippen LogP contribution >= 0.6 is 22.6 Å². The Labute approximate surface area is 82.6 Å². The molecule has 1 heterocycles. The Hall–Kier alpha value is 0.650. The number of halogens is 1. The summed E-state index contributed by atoms with van der Waals surface area (Å²) in [4.78, 5) is 0. The van der Waals surface area contributed by atoms with E-state index in [1.54, 1.807) is 0 Å². The van der Waals surface area contributed by atoms with E-state index in [9.17, 15) is 0 Å². The molecular formula is C8H17IN2. The molecule has 0 radical (unpaired) electrons. The average Bonchev–Trinajstić information content (AvgIpc) is 2.26. The van der Waals surface area contributed by atoms with Crippen LogP contribution in [0.25, 0.3) is 0 Å². The molecule has 0 bridgehead atoms. The molecule has 1 aliphatic heterocycles. The lowest BCUT2D eigenvalue weighted by atomic mass is 9.91. The summed E-state index contributed by atoms with van der Waals surface area (Å²) < 4.78 is 1.05. The maximum Gasteiger partial charge on any atom is 0.0480 e. The van der Waals surface area contributed by atoms with Crippen LogP contribution in [0.5, 0.6) is 0 Å². The maximum atomic E-state index is 3.52. The fourth-order valence-electron chi connectivity index (χ4n) is 1.61. The predicted molar refractivity (Wildman–Crippen MR) is 57.1 cm³/mol. The van der Waals surface area contributed by atoms with Gasteiger partial charge in [0.2, 0.25) is 0 Å². The van der Waals surface area contributed by atoms with Crippen LogP contribution in [0.1, 0.15) is 20.3 Å². The van der Waals surface area contributed by atoms with E-state index in [1.807, 2.05) is 0 Å². The highest BCUT2D eigenvalue weighted by Gasteiger charge is 2.29. The summed E-state index contributed by atoms with van der Waals surface area (Å²) in [6, 6.07) is 0.694. The number of rotatable bonds is 3. The quantitative estimate of drug-likeness (QED) is 0.459. The second-order valence-electron chi connectivity index (χ2n) is 4.03. The first-order valence-electron chi connectivity index (χ1n) is 4.14. The molecule has 0 aliphatic carbocycles. The lowest BCUT2D eigenvalue weighted by Gasteiger charge is -2.15. The number of hydrogen-bond acceptors (Lipinski definition) is 2. The highest BCUT2D eigenvalue weighted by Crippen LogP contribution is 2.26. The summed E-state index contributed by atoms with van der Waals surface area (Å²) in [5.74, 6) is 0. The van der Waals surface area contributed by atoms with Gasteiger partial charge >= 0.3 is 0 Å². The molecule has 66 valence electrons. The molecule has 0 amide bonds. The minimum absolute atomic E-state index is 0.512. The van der Waals surface area contributed by atoms with Crippen LogP contribution in [0.15, 0.2) is 0 Å². The molecule has 1 unspecified atom stereocenters. The molecule has 0 spiro atoms. The van der Waals surface area contributed by atoms with Crippen molar-refractivity contribution in [1.29, 1.82) is 0 Å². The third-order valence-electron chi connectivity index (χ3n) is 2.15. The Morgan fingerprint density at radius 2 is 2.36 bits per heavy atom. The van der Waals surface area contributed by atoms with E-state index in [4.69, 9.17) is 0 Å². The third-order valence-corrected chi connectivity index (χ3v) is 2.69. The zero-order chi connectivity index (χ0) is 8.32. The van der Waals surface area contributed by atoms with Crippen molar-refractivity contribution in [2.24, 2.45) is 5.41 Å². The normalized spacial score (nSPS) is 29.2. The molecule has 1 fully saturated rings. The van der Waals surface area contributed by atoms with Crippen molar-refractivity contribution in [1.82, 2.24) is 10.6 Å². The van der Waals surface area contributed by atoms with Gasteiger partial charge in [0.25, 0.3) is 0 Å². The van der Waals surface area contributed by atoms with Crippen LogP contribution < -0.4 is 10.6 Å². The van der Waals surface area contributed by atoms with E-state index < -0.39 is 0 Å².